The smallest absolute Gasteiger partial charge is 0.217 e. The Kier molecular flexibility index (Phi) is 4.82. The van der Waals surface area contributed by atoms with Crippen LogP contribution in [-0.2, 0) is 21.3 Å². The van der Waals surface area contributed by atoms with Gasteiger partial charge in [0.15, 0.2) is 0 Å². The predicted molar refractivity (Wildman–Crippen MR) is 94.4 cm³/mol. The van der Waals surface area contributed by atoms with Crippen molar-refractivity contribution in [2.75, 3.05) is 5.75 Å². The number of ether oxygens (including phenoxy) is 1. The minimum Gasteiger partial charge on any atom is -0.374 e. The van der Waals surface area contributed by atoms with Crippen molar-refractivity contribution in [2.45, 2.75) is 63.3 Å². The summed E-state index contributed by atoms with van der Waals surface area (Å²) in [5, 5.41) is 0.270. The largest absolute Gasteiger partial charge is 0.374 e. The van der Waals surface area contributed by atoms with Crippen LogP contribution < -0.4 is 0 Å². The van der Waals surface area contributed by atoms with Crippen molar-refractivity contribution in [1.29, 1.82) is 0 Å². The zero-order valence-corrected chi connectivity index (χ0v) is 15.6. The van der Waals surface area contributed by atoms with Gasteiger partial charge in [0.05, 0.1) is 18.0 Å². The number of rotatable bonds is 7. The van der Waals surface area contributed by atoms with E-state index in [9.17, 15) is 12.8 Å². The molecule has 0 aromatic heterocycles. The van der Waals surface area contributed by atoms with Gasteiger partial charge in [-0.25, -0.2) is 12.8 Å². The Labute approximate surface area is 153 Å². The van der Waals surface area contributed by atoms with Gasteiger partial charge < -0.3 is 4.74 Å². The van der Waals surface area contributed by atoms with Crippen LogP contribution in [0.15, 0.2) is 18.2 Å². The molecule has 3 aliphatic rings. The Hall–Kier alpha value is -0.690. The van der Waals surface area contributed by atoms with Gasteiger partial charge in [0.1, 0.15) is 5.82 Å². The summed E-state index contributed by atoms with van der Waals surface area (Å²) in [5.41, 5.74) is 0.253. The van der Waals surface area contributed by atoms with E-state index in [1.54, 1.807) is 6.07 Å². The van der Waals surface area contributed by atoms with Gasteiger partial charge in [-0.15, -0.1) is 0 Å². The molecule has 2 aliphatic carbocycles. The first-order valence-electron chi connectivity index (χ1n) is 9.02. The molecule has 2 unspecified atom stereocenters. The molecule has 0 radical (unpaired) electrons. The van der Waals surface area contributed by atoms with E-state index in [2.05, 4.69) is 0 Å². The number of sulfonamides is 1. The fourth-order valence-corrected chi connectivity index (χ4v) is 5.78. The van der Waals surface area contributed by atoms with E-state index in [0.29, 0.717) is 5.92 Å². The van der Waals surface area contributed by atoms with Crippen LogP contribution in [0.1, 0.15) is 44.1 Å². The van der Waals surface area contributed by atoms with E-state index in [1.807, 2.05) is 0 Å². The quantitative estimate of drug-likeness (QED) is 0.716. The lowest BCUT2D eigenvalue weighted by Gasteiger charge is -2.24. The fourth-order valence-electron chi connectivity index (χ4n) is 3.66. The molecule has 0 bridgehead atoms. The van der Waals surface area contributed by atoms with E-state index in [-0.39, 0.29) is 41.1 Å². The van der Waals surface area contributed by atoms with Crippen molar-refractivity contribution >= 4 is 21.6 Å². The number of nitrogens with zero attached hydrogens (tertiary/aromatic N) is 1. The van der Waals surface area contributed by atoms with E-state index in [4.69, 9.17) is 16.3 Å². The number of hydrogen-bond acceptors (Lipinski definition) is 3. The Morgan fingerprint density at radius 3 is 2.56 bits per heavy atom. The minimum absolute atomic E-state index is 0.00270. The maximum atomic E-state index is 14.1. The van der Waals surface area contributed by atoms with E-state index in [1.165, 1.54) is 29.3 Å². The van der Waals surface area contributed by atoms with Crippen LogP contribution in [0.4, 0.5) is 4.39 Å². The van der Waals surface area contributed by atoms with Gasteiger partial charge in [0.2, 0.25) is 10.0 Å². The monoisotopic (exact) mass is 387 g/mol. The molecule has 0 amide bonds. The Bertz CT molecular complexity index is 728. The molecule has 4 rings (SSSR count). The first-order chi connectivity index (χ1) is 11.9. The molecule has 0 spiro atoms. The third kappa shape index (κ3) is 4.02. The highest BCUT2D eigenvalue weighted by Gasteiger charge is 2.42. The third-order valence-electron chi connectivity index (χ3n) is 5.37. The Morgan fingerprint density at radius 1 is 1.16 bits per heavy atom. The molecule has 0 N–H and O–H groups in total. The molecule has 1 aromatic carbocycles. The molecule has 1 aliphatic heterocycles. The molecule has 2 atom stereocenters. The summed E-state index contributed by atoms with van der Waals surface area (Å²) in [4.78, 5) is 0. The Balaban J connectivity index is 1.48. The maximum absolute atomic E-state index is 14.1. The molecule has 3 fully saturated rings. The van der Waals surface area contributed by atoms with E-state index >= 15 is 0 Å². The fraction of sp³-hybridized carbons (Fsp3) is 0.667. The van der Waals surface area contributed by atoms with Crippen molar-refractivity contribution in [3.05, 3.63) is 34.6 Å². The summed E-state index contributed by atoms with van der Waals surface area (Å²) in [6, 6.07) is 4.40. The average molecular weight is 388 g/mol. The second kappa shape index (κ2) is 6.80. The van der Waals surface area contributed by atoms with Crippen molar-refractivity contribution in [2.24, 2.45) is 5.92 Å². The first kappa shape index (κ1) is 17.7. The predicted octanol–water partition coefficient (Wildman–Crippen LogP) is 3.73. The maximum Gasteiger partial charge on any atom is 0.217 e. The third-order valence-corrected chi connectivity index (χ3v) is 7.66. The van der Waals surface area contributed by atoms with Crippen molar-refractivity contribution in [3.8, 4) is 0 Å². The second-order valence-electron chi connectivity index (χ2n) is 7.47. The molecule has 7 heteroatoms. The normalized spacial score (nSPS) is 27.2. The minimum atomic E-state index is -3.52. The standard InChI is InChI=1S/C18H23ClFNO3S/c19-16-2-1-3-17(20)15(16)10-21(13-6-7-13)25(22,23)11-14-8-9-18(24-14)12-4-5-12/h1-3,12-14,18H,4-11H2. The van der Waals surface area contributed by atoms with E-state index < -0.39 is 15.8 Å². The van der Waals surface area contributed by atoms with Crippen LogP contribution in [0, 0.1) is 11.7 Å². The van der Waals surface area contributed by atoms with Gasteiger partial charge in [-0.2, -0.15) is 4.31 Å². The molecule has 1 saturated heterocycles. The summed E-state index contributed by atoms with van der Waals surface area (Å²) in [6.07, 6.45) is 5.77. The molecular weight excluding hydrogens is 365 g/mol. The Morgan fingerprint density at radius 2 is 1.92 bits per heavy atom. The summed E-state index contributed by atoms with van der Waals surface area (Å²) in [7, 11) is -3.52. The average Bonchev–Trinajstić information content (AvgIpc) is 3.46. The lowest BCUT2D eigenvalue weighted by Crippen LogP contribution is -2.38. The van der Waals surface area contributed by atoms with Crippen LogP contribution in [0.25, 0.3) is 0 Å². The van der Waals surface area contributed by atoms with Crippen molar-refractivity contribution < 1.29 is 17.5 Å². The molecule has 138 valence electrons. The van der Waals surface area contributed by atoms with Crippen LogP contribution in [0.2, 0.25) is 5.02 Å². The molecule has 4 nitrogen and oxygen atoms in total. The van der Waals surface area contributed by atoms with Crippen LogP contribution in [0.3, 0.4) is 0 Å². The molecule has 25 heavy (non-hydrogen) atoms. The van der Waals surface area contributed by atoms with Crippen molar-refractivity contribution in [3.63, 3.8) is 0 Å². The summed E-state index contributed by atoms with van der Waals surface area (Å²) < 4.78 is 47.4. The van der Waals surface area contributed by atoms with Gasteiger partial charge in [-0.1, -0.05) is 17.7 Å². The van der Waals surface area contributed by atoms with Gasteiger partial charge in [-0.3, -0.25) is 0 Å². The molecule has 2 saturated carbocycles. The lowest BCUT2D eigenvalue weighted by atomic mass is 10.1. The zero-order chi connectivity index (χ0) is 17.6. The highest BCUT2D eigenvalue weighted by molar-refractivity contribution is 7.89. The van der Waals surface area contributed by atoms with Gasteiger partial charge in [-0.05, 0) is 56.6 Å². The molecule has 1 heterocycles. The van der Waals surface area contributed by atoms with Gasteiger partial charge in [0.25, 0.3) is 0 Å². The van der Waals surface area contributed by atoms with Crippen LogP contribution >= 0.6 is 11.6 Å². The van der Waals surface area contributed by atoms with Crippen LogP contribution in [-0.4, -0.2) is 36.7 Å². The zero-order valence-electron chi connectivity index (χ0n) is 14.0. The highest BCUT2D eigenvalue weighted by Crippen LogP contribution is 2.41. The molecule has 1 aromatic rings. The van der Waals surface area contributed by atoms with Gasteiger partial charge in [0, 0.05) is 23.2 Å². The number of halogens is 2. The highest BCUT2D eigenvalue weighted by atomic mass is 35.5. The van der Waals surface area contributed by atoms with E-state index in [0.717, 1.165) is 25.7 Å². The van der Waals surface area contributed by atoms with Gasteiger partial charge >= 0.3 is 0 Å². The topological polar surface area (TPSA) is 46.6 Å². The summed E-state index contributed by atoms with van der Waals surface area (Å²) >= 11 is 6.09. The first-order valence-corrected chi connectivity index (χ1v) is 11.0. The summed E-state index contributed by atoms with van der Waals surface area (Å²) in [5.74, 6) is 0.155. The lowest BCUT2D eigenvalue weighted by molar-refractivity contribution is 0.0439. The summed E-state index contributed by atoms with van der Waals surface area (Å²) in [6.45, 7) is -0.00270. The van der Waals surface area contributed by atoms with Crippen LogP contribution in [0.5, 0.6) is 0 Å². The second-order valence-corrected chi connectivity index (χ2v) is 9.84. The molecular formula is C18H23ClFNO3S. The SMILES string of the molecule is O=S(=O)(CC1CCC(C2CC2)O1)N(Cc1c(F)cccc1Cl)C1CC1. The number of hydrogen-bond donors (Lipinski definition) is 0. The van der Waals surface area contributed by atoms with Crippen molar-refractivity contribution in [1.82, 2.24) is 4.31 Å². The number of benzene rings is 1.